The van der Waals surface area contributed by atoms with Gasteiger partial charge in [-0.05, 0) is 53.3 Å². The standard InChI is InChI=1S/C18H24N2O2S2/c21-24(22,15-16-5-2-1-3-6-16)19-11-17-7-4-9-20(12-17)13-18-8-10-23-14-18/h1-3,5-6,8,10,14,17,19H,4,7,9,11-13,15H2. The zero-order valence-corrected chi connectivity index (χ0v) is 15.4. The highest BCUT2D eigenvalue weighted by molar-refractivity contribution is 7.88. The van der Waals surface area contributed by atoms with Crippen LogP contribution in [0.25, 0.3) is 0 Å². The average molecular weight is 365 g/mol. The van der Waals surface area contributed by atoms with Gasteiger partial charge in [-0.3, -0.25) is 4.90 Å². The first-order chi connectivity index (χ1) is 11.6. The number of thiophene rings is 1. The van der Waals surface area contributed by atoms with Crippen LogP contribution in [-0.4, -0.2) is 33.0 Å². The number of piperidine rings is 1. The van der Waals surface area contributed by atoms with Crippen LogP contribution in [-0.2, 0) is 22.3 Å². The normalized spacial score (nSPS) is 19.4. The van der Waals surface area contributed by atoms with Gasteiger partial charge in [-0.1, -0.05) is 30.3 Å². The first kappa shape index (κ1) is 17.6. The zero-order valence-electron chi connectivity index (χ0n) is 13.7. The Kier molecular flexibility index (Phi) is 6.05. The molecule has 1 N–H and O–H groups in total. The molecule has 1 aliphatic heterocycles. The molecule has 1 fully saturated rings. The fourth-order valence-electron chi connectivity index (χ4n) is 3.19. The maximum Gasteiger partial charge on any atom is 0.215 e. The van der Waals surface area contributed by atoms with Gasteiger partial charge in [0.1, 0.15) is 0 Å². The van der Waals surface area contributed by atoms with E-state index in [1.807, 2.05) is 30.3 Å². The van der Waals surface area contributed by atoms with E-state index in [4.69, 9.17) is 0 Å². The summed E-state index contributed by atoms with van der Waals surface area (Å²) in [5, 5.41) is 4.29. The van der Waals surface area contributed by atoms with E-state index in [0.717, 1.165) is 38.0 Å². The maximum atomic E-state index is 12.3. The number of rotatable bonds is 7. The largest absolute Gasteiger partial charge is 0.299 e. The van der Waals surface area contributed by atoms with Crippen molar-refractivity contribution in [3.05, 3.63) is 58.3 Å². The predicted octanol–water partition coefficient (Wildman–Crippen LogP) is 3.08. The van der Waals surface area contributed by atoms with E-state index in [1.54, 1.807) is 11.3 Å². The molecular weight excluding hydrogens is 340 g/mol. The summed E-state index contributed by atoms with van der Waals surface area (Å²) < 4.78 is 27.3. The van der Waals surface area contributed by atoms with Crippen molar-refractivity contribution in [2.75, 3.05) is 19.6 Å². The van der Waals surface area contributed by atoms with Crippen molar-refractivity contribution in [3.8, 4) is 0 Å². The summed E-state index contributed by atoms with van der Waals surface area (Å²) in [6.45, 7) is 3.57. The van der Waals surface area contributed by atoms with Crippen LogP contribution >= 0.6 is 11.3 Å². The van der Waals surface area contributed by atoms with Crippen LogP contribution in [0.4, 0.5) is 0 Å². The van der Waals surface area contributed by atoms with E-state index in [9.17, 15) is 8.42 Å². The third kappa shape index (κ3) is 5.41. The fraction of sp³-hybridized carbons (Fsp3) is 0.444. The number of nitrogens with one attached hydrogen (secondary N) is 1. The molecule has 0 saturated carbocycles. The molecule has 2 aromatic rings. The molecule has 0 spiro atoms. The molecule has 4 nitrogen and oxygen atoms in total. The maximum absolute atomic E-state index is 12.3. The third-order valence-electron chi connectivity index (χ3n) is 4.38. The summed E-state index contributed by atoms with van der Waals surface area (Å²) in [6, 6.07) is 11.5. The van der Waals surface area contributed by atoms with Crippen molar-refractivity contribution in [2.24, 2.45) is 5.92 Å². The lowest BCUT2D eigenvalue weighted by Crippen LogP contribution is -2.40. The lowest BCUT2D eigenvalue weighted by atomic mass is 9.98. The van der Waals surface area contributed by atoms with Gasteiger partial charge in [0.15, 0.2) is 0 Å². The van der Waals surface area contributed by atoms with Gasteiger partial charge in [-0.25, -0.2) is 13.1 Å². The molecule has 1 atom stereocenters. The Bertz CT molecular complexity index is 715. The Morgan fingerprint density at radius 2 is 2.00 bits per heavy atom. The fourth-order valence-corrected chi connectivity index (χ4v) is 5.07. The van der Waals surface area contributed by atoms with E-state index >= 15 is 0 Å². The summed E-state index contributed by atoms with van der Waals surface area (Å²) in [5.41, 5.74) is 2.18. The number of hydrogen-bond donors (Lipinski definition) is 1. The van der Waals surface area contributed by atoms with Gasteiger partial charge in [0, 0.05) is 19.6 Å². The van der Waals surface area contributed by atoms with Crippen molar-refractivity contribution >= 4 is 21.4 Å². The molecule has 1 aromatic heterocycles. The van der Waals surface area contributed by atoms with Crippen molar-refractivity contribution < 1.29 is 8.42 Å². The molecule has 2 heterocycles. The van der Waals surface area contributed by atoms with Gasteiger partial charge < -0.3 is 0 Å². The predicted molar refractivity (Wildman–Crippen MR) is 99.4 cm³/mol. The zero-order chi connectivity index (χ0) is 16.8. The number of hydrogen-bond acceptors (Lipinski definition) is 4. The molecule has 1 saturated heterocycles. The Labute approximate surface area is 148 Å². The second kappa shape index (κ2) is 8.25. The Balaban J connectivity index is 1.48. The van der Waals surface area contributed by atoms with Gasteiger partial charge in [0.05, 0.1) is 5.75 Å². The summed E-state index contributed by atoms with van der Waals surface area (Å²) in [6.07, 6.45) is 2.23. The van der Waals surface area contributed by atoms with Gasteiger partial charge in [-0.15, -0.1) is 0 Å². The topological polar surface area (TPSA) is 49.4 Å². The van der Waals surface area contributed by atoms with Crippen LogP contribution in [0.5, 0.6) is 0 Å². The Morgan fingerprint density at radius 1 is 1.17 bits per heavy atom. The molecule has 0 bridgehead atoms. The van der Waals surface area contributed by atoms with E-state index in [1.165, 1.54) is 5.56 Å². The van der Waals surface area contributed by atoms with Gasteiger partial charge >= 0.3 is 0 Å². The monoisotopic (exact) mass is 364 g/mol. The average Bonchev–Trinajstić information content (AvgIpc) is 3.07. The molecule has 3 rings (SSSR count). The van der Waals surface area contributed by atoms with Crippen molar-refractivity contribution in [3.63, 3.8) is 0 Å². The highest BCUT2D eigenvalue weighted by Crippen LogP contribution is 2.19. The summed E-state index contributed by atoms with van der Waals surface area (Å²) in [7, 11) is -3.27. The van der Waals surface area contributed by atoms with Crippen LogP contribution in [0.1, 0.15) is 24.0 Å². The van der Waals surface area contributed by atoms with Gasteiger partial charge in [0.25, 0.3) is 0 Å². The van der Waals surface area contributed by atoms with Crippen LogP contribution < -0.4 is 4.72 Å². The van der Waals surface area contributed by atoms with Crippen LogP contribution in [0.3, 0.4) is 0 Å². The summed E-state index contributed by atoms with van der Waals surface area (Å²) in [4.78, 5) is 2.43. The van der Waals surface area contributed by atoms with E-state index in [-0.39, 0.29) is 5.75 Å². The molecule has 0 amide bonds. The minimum atomic E-state index is -3.27. The molecule has 24 heavy (non-hydrogen) atoms. The second-order valence-electron chi connectivity index (χ2n) is 6.47. The van der Waals surface area contributed by atoms with Gasteiger partial charge in [-0.2, -0.15) is 11.3 Å². The van der Waals surface area contributed by atoms with E-state index in [2.05, 4.69) is 26.4 Å². The molecule has 1 aliphatic rings. The molecule has 1 aromatic carbocycles. The lowest BCUT2D eigenvalue weighted by Gasteiger charge is -2.32. The van der Waals surface area contributed by atoms with Gasteiger partial charge in [0.2, 0.25) is 10.0 Å². The highest BCUT2D eigenvalue weighted by Gasteiger charge is 2.22. The molecule has 130 valence electrons. The number of nitrogens with zero attached hydrogens (tertiary/aromatic N) is 1. The first-order valence-electron chi connectivity index (χ1n) is 8.35. The number of benzene rings is 1. The van der Waals surface area contributed by atoms with Crippen LogP contribution in [0, 0.1) is 5.92 Å². The minimum absolute atomic E-state index is 0.0547. The number of sulfonamides is 1. The smallest absolute Gasteiger partial charge is 0.215 e. The molecule has 0 radical (unpaired) electrons. The Morgan fingerprint density at radius 3 is 2.75 bits per heavy atom. The van der Waals surface area contributed by atoms with Crippen LogP contribution in [0.2, 0.25) is 0 Å². The van der Waals surface area contributed by atoms with Crippen LogP contribution in [0.15, 0.2) is 47.2 Å². The molecule has 0 aliphatic carbocycles. The minimum Gasteiger partial charge on any atom is -0.299 e. The van der Waals surface area contributed by atoms with Crippen molar-refractivity contribution in [1.82, 2.24) is 9.62 Å². The third-order valence-corrected chi connectivity index (χ3v) is 6.43. The molecule has 1 unspecified atom stereocenters. The van der Waals surface area contributed by atoms with E-state index in [0.29, 0.717) is 12.5 Å². The van der Waals surface area contributed by atoms with Crippen molar-refractivity contribution in [1.29, 1.82) is 0 Å². The highest BCUT2D eigenvalue weighted by atomic mass is 32.2. The second-order valence-corrected chi connectivity index (χ2v) is 9.05. The first-order valence-corrected chi connectivity index (χ1v) is 10.9. The lowest BCUT2D eigenvalue weighted by molar-refractivity contribution is 0.169. The summed E-state index contributed by atoms with van der Waals surface area (Å²) >= 11 is 1.73. The SMILES string of the molecule is O=S(=O)(Cc1ccccc1)NCC1CCCN(Cc2ccsc2)C1. The van der Waals surface area contributed by atoms with Crippen molar-refractivity contribution in [2.45, 2.75) is 25.1 Å². The molecular formula is C18H24N2O2S2. The summed E-state index contributed by atoms with van der Waals surface area (Å²) in [5.74, 6) is 0.446. The molecule has 6 heteroatoms. The number of likely N-dealkylation sites (tertiary alicyclic amines) is 1. The van der Waals surface area contributed by atoms with E-state index < -0.39 is 10.0 Å². The Hall–Kier alpha value is -1.21. The quantitative estimate of drug-likeness (QED) is 0.821.